The summed E-state index contributed by atoms with van der Waals surface area (Å²) in [7, 11) is 0. The SMILES string of the molecule is O=C(CBr)NC(Cc1c[nH]c2ccccc12)C(=O)NCc1ccccc1Cl. The quantitative estimate of drug-likeness (QED) is 0.484. The van der Waals surface area contributed by atoms with Crippen molar-refractivity contribution in [2.75, 3.05) is 5.33 Å². The molecule has 0 radical (unpaired) electrons. The first-order chi connectivity index (χ1) is 13.1. The fourth-order valence-corrected chi connectivity index (χ4v) is 3.27. The number of alkyl halides is 1. The number of fused-ring (bicyclic) bond motifs is 1. The van der Waals surface area contributed by atoms with Gasteiger partial charge in [0.15, 0.2) is 0 Å². The van der Waals surface area contributed by atoms with Crippen molar-refractivity contribution in [1.82, 2.24) is 15.6 Å². The predicted molar refractivity (Wildman–Crippen MR) is 111 cm³/mol. The Labute approximate surface area is 170 Å². The maximum absolute atomic E-state index is 12.7. The summed E-state index contributed by atoms with van der Waals surface area (Å²) in [6.07, 6.45) is 2.26. The highest BCUT2D eigenvalue weighted by Gasteiger charge is 2.22. The van der Waals surface area contributed by atoms with Gasteiger partial charge < -0.3 is 15.6 Å². The van der Waals surface area contributed by atoms with E-state index in [9.17, 15) is 9.59 Å². The Morgan fingerprint density at radius 3 is 2.59 bits per heavy atom. The monoisotopic (exact) mass is 447 g/mol. The number of carbonyl (C=O) groups excluding carboxylic acids is 2. The first kappa shape index (κ1) is 19.5. The summed E-state index contributed by atoms with van der Waals surface area (Å²) >= 11 is 9.27. The van der Waals surface area contributed by atoms with Crippen molar-refractivity contribution in [1.29, 1.82) is 0 Å². The van der Waals surface area contributed by atoms with E-state index in [2.05, 4.69) is 31.5 Å². The molecule has 3 aromatic rings. The third kappa shape index (κ3) is 4.90. The average molecular weight is 449 g/mol. The number of hydrogen-bond donors (Lipinski definition) is 3. The van der Waals surface area contributed by atoms with Gasteiger partial charge in [0.2, 0.25) is 11.8 Å². The van der Waals surface area contributed by atoms with E-state index in [1.54, 1.807) is 6.07 Å². The number of para-hydroxylation sites is 1. The lowest BCUT2D eigenvalue weighted by molar-refractivity contribution is -0.127. The molecule has 2 amide bonds. The van der Waals surface area contributed by atoms with Crippen LogP contribution in [-0.2, 0) is 22.6 Å². The molecule has 0 spiro atoms. The van der Waals surface area contributed by atoms with Gasteiger partial charge in [-0.3, -0.25) is 9.59 Å². The first-order valence-corrected chi connectivity index (χ1v) is 10.00. The molecular weight excluding hydrogens is 430 g/mol. The summed E-state index contributed by atoms with van der Waals surface area (Å²) in [5.41, 5.74) is 2.79. The fourth-order valence-electron chi connectivity index (χ4n) is 2.91. The summed E-state index contributed by atoms with van der Waals surface area (Å²) in [5.74, 6) is -0.498. The first-order valence-electron chi connectivity index (χ1n) is 8.50. The molecule has 2 aromatic carbocycles. The van der Waals surface area contributed by atoms with E-state index >= 15 is 0 Å². The van der Waals surface area contributed by atoms with Crippen molar-refractivity contribution in [2.24, 2.45) is 0 Å². The molecule has 0 saturated carbocycles. The smallest absolute Gasteiger partial charge is 0.243 e. The zero-order chi connectivity index (χ0) is 19.2. The predicted octanol–water partition coefficient (Wildman–Crippen LogP) is 3.56. The largest absolute Gasteiger partial charge is 0.361 e. The molecular formula is C20H19BrClN3O2. The van der Waals surface area contributed by atoms with E-state index in [4.69, 9.17) is 11.6 Å². The lowest BCUT2D eigenvalue weighted by Gasteiger charge is -2.18. The third-order valence-corrected chi connectivity index (χ3v) is 5.16. The van der Waals surface area contributed by atoms with Gasteiger partial charge in [0.05, 0.1) is 5.33 Å². The van der Waals surface area contributed by atoms with Crippen LogP contribution in [0.4, 0.5) is 0 Å². The van der Waals surface area contributed by atoms with Crippen molar-refractivity contribution in [2.45, 2.75) is 19.0 Å². The van der Waals surface area contributed by atoms with E-state index in [0.29, 0.717) is 18.0 Å². The van der Waals surface area contributed by atoms with Gasteiger partial charge in [-0.2, -0.15) is 0 Å². The molecule has 1 unspecified atom stereocenters. The maximum Gasteiger partial charge on any atom is 0.243 e. The van der Waals surface area contributed by atoms with E-state index in [1.807, 2.05) is 48.7 Å². The van der Waals surface area contributed by atoms with Crippen LogP contribution in [0.25, 0.3) is 10.9 Å². The third-order valence-electron chi connectivity index (χ3n) is 4.28. The minimum absolute atomic E-state index is 0.134. The number of aromatic nitrogens is 1. The summed E-state index contributed by atoms with van der Waals surface area (Å²) in [6, 6.07) is 14.5. The van der Waals surface area contributed by atoms with Crippen molar-refractivity contribution in [3.05, 3.63) is 70.9 Å². The normalized spacial score (nSPS) is 11.9. The number of halogens is 2. The number of H-pyrrole nitrogens is 1. The minimum Gasteiger partial charge on any atom is -0.361 e. The minimum atomic E-state index is -0.684. The number of hydrogen-bond acceptors (Lipinski definition) is 2. The van der Waals surface area contributed by atoms with Gasteiger partial charge in [0.25, 0.3) is 0 Å². The van der Waals surface area contributed by atoms with Gasteiger partial charge in [-0.1, -0.05) is 63.9 Å². The summed E-state index contributed by atoms with van der Waals surface area (Å²) in [4.78, 5) is 27.8. The van der Waals surface area contributed by atoms with Crippen molar-refractivity contribution < 1.29 is 9.59 Å². The van der Waals surface area contributed by atoms with E-state index in [-0.39, 0.29) is 17.1 Å². The van der Waals surface area contributed by atoms with Crippen LogP contribution in [0.15, 0.2) is 54.7 Å². The molecule has 7 heteroatoms. The lowest BCUT2D eigenvalue weighted by atomic mass is 10.0. The van der Waals surface area contributed by atoms with Crippen LogP contribution in [0.5, 0.6) is 0 Å². The molecule has 0 bridgehead atoms. The summed E-state index contributed by atoms with van der Waals surface area (Å²) in [5, 5.41) is 7.41. The number of benzene rings is 2. The van der Waals surface area contributed by atoms with Gasteiger partial charge in [-0.05, 0) is 23.3 Å². The average Bonchev–Trinajstić information content (AvgIpc) is 3.09. The van der Waals surface area contributed by atoms with Crippen LogP contribution < -0.4 is 10.6 Å². The second-order valence-electron chi connectivity index (χ2n) is 6.13. The summed E-state index contributed by atoms with van der Waals surface area (Å²) < 4.78 is 0. The molecule has 0 aliphatic rings. The van der Waals surface area contributed by atoms with Crippen molar-refractivity contribution in [3.63, 3.8) is 0 Å². The Morgan fingerprint density at radius 2 is 1.81 bits per heavy atom. The molecule has 0 aliphatic carbocycles. The highest BCUT2D eigenvalue weighted by atomic mass is 79.9. The number of rotatable bonds is 7. The zero-order valence-electron chi connectivity index (χ0n) is 14.5. The topological polar surface area (TPSA) is 74.0 Å². The zero-order valence-corrected chi connectivity index (χ0v) is 16.8. The van der Waals surface area contributed by atoms with Crippen LogP contribution in [-0.4, -0.2) is 28.2 Å². The van der Waals surface area contributed by atoms with Crippen LogP contribution in [0.1, 0.15) is 11.1 Å². The fraction of sp³-hybridized carbons (Fsp3) is 0.200. The van der Waals surface area contributed by atoms with Crippen LogP contribution in [0.2, 0.25) is 5.02 Å². The molecule has 5 nitrogen and oxygen atoms in total. The second-order valence-corrected chi connectivity index (χ2v) is 7.09. The molecule has 0 saturated heterocycles. The Morgan fingerprint density at radius 1 is 1.07 bits per heavy atom. The Hall–Kier alpha value is -2.31. The highest BCUT2D eigenvalue weighted by Crippen LogP contribution is 2.19. The molecule has 0 aliphatic heterocycles. The van der Waals surface area contributed by atoms with Gasteiger partial charge in [-0.25, -0.2) is 0 Å². The number of aromatic amines is 1. The Balaban J connectivity index is 1.75. The number of carbonyl (C=O) groups is 2. The van der Waals surface area contributed by atoms with E-state index in [1.165, 1.54) is 0 Å². The summed E-state index contributed by atoms with van der Waals surface area (Å²) in [6.45, 7) is 0.299. The second kappa shape index (κ2) is 9.06. The molecule has 3 rings (SSSR count). The van der Waals surface area contributed by atoms with Crippen LogP contribution in [0.3, 0.4) is 0 Å². The molecule has 0 fully saturated rings. The van der Waals surface area contributed by atoms with Crippen molar-refractivity contribution in [3.8, 4) is 0 Å². The standard InChI is InChI=1S/C20H19BrClN3O2/c21-10-19(26)25-18(9-14-12-23-17-8-4-2-6-15(14)17)20(27)24-11-13-5-1-3-7-16(13)22/h1-8,12,18,23H,9-11H2,(H,24,27)(H,25,26). The Kier molecular flexibility index (Phi) is 6.53. The van der Waals surface area contributed by atoms with E-state index < -0.39 is 6.04 Å². The van der Waals surface area contributed by atoms with E-state index in [0.717, 1.165) is 22.0 Å². The van der Waals surface area contributed by atoms with Crippen LogP contribution in [0, 0.1) is 0 Å². The molecule has 140 valence electrons. The molecule has 1 atom stereocenters. The Bertz CT molecular complexity index is 957. The molecule has 1 aromatic heterocycles. The van der Waals surface area contributed by atoms with Crippen molar-refractivity contribution >= 4 is 50.2 Å². The lowest BCUT2D eigenvalue weighted by Crippen LogP contribution is -2.48. The van der Waals surface area contributed by atoms with Gasteiger partial charge in [-0.15, -0.1) is 0 Å². The number of amides is 2. The highest BCUT2D eigenvalue weighted by molar-refractivity contribution is 9.09. The molecule has 1 heterocycles. The molecule has 27 heavy (non-hydrogen) atoms. The maximum atomic E-state index is 12.7. The van der Waals surface area contributed by atoms with Crippen LogP contribution >= 0.6 is 27.5 Å². The number of nitrogens with one attached hydrogen (secondary N) is 3. The van der Waals surface area contributed by atoms with Gasteiger partial charge >= 0.3 is 0 Å². The molecule has 3 N–H and O–H groups in total. The van der Waals surface area contributed by atoms with Gasteiger partial charge in [0, 0.05) is 35.1 Å². The van der Waals surface area contributed by atoms with Gasteiger partial charge in [0.1, 0.15) is 6.04 Å².